The van der Waals surface area contributed by atoms with Gasteiger partial charge < -0.3 is 10.6 Å². The molecule has 1 aliphatic heterocycles. The summed E-state index contributed by atoms with van der Waals surface area (Å²) < 4.78 is 0. The van der Waals surface area contributed by atoms with Crippen LogP contribution in [0, 0.1) is 0 Å². The number of fused-ring (bicyclic) bond motifs is 1. The van der Waals surface area contributed by atoms with E-state index in [4.69, 9.17) is 0 Å². The number of hydrogen-bond donors (Lipinski definition) is 2. The lowest BCUT2D eigenvalue weighted by atomic mass is 10.1. The number of hydrogen-bond acceptors (Lipinski definition) is 5. The molecule has 4 amide bonds. The second-order valence-electron chi connectivity index (χ2n) is 7.27. The number of nitrogens with one attached hydrogen (secondary N) is 2. The van der Waals surface area contributed by atoms with E-state index >= 15 is 0 Å². The van der Waals surface area contributed by atoms with E-state index in [0.29, 0.717) is 27.9 Å². The highest BCUT2D eigenvalue weighted by molar-refractivity contribution is 6.22. The number of rotatable bonds is 6. The zero-order valence-electron chi connectivity index (χ0n) is 17.2. The predicted molar refractivity (Wildman–Crippen MR) is 117 cm³/mol. The van der Waals surface area contributed by atoms with Crippen LogP contribution in [0.2, 0.25) is 0 Å². The van der Waals surface area contributed by atoms with Crippen LogP contribution in [-0.2, 0) is 11.3 Å². The lowest BCUT2D eigenvalue weighted by Gasteiger charge is -2.22. The van der Waals surface area contributed by atoms with Gasteiger partial charge in [0.1, 0.15) is 6.04 Å². The largest absolute Gasteiger partial charge is 0.350 e. The number of benzene rings is 2. The quantitative estimate of drug-likeness (QED) is 0.587. The number of carbonyl (C=O) groups excluding carboxylic acids is 4. The van der Waals surface area contributed by atoms with E-state index in [2.05, 4.69) is 15.6 Å². The van der Waals surface area contributed by atoms with Crippen molar-refractivity contribution in [2.75, 3.05) is 5.32 Å². The van der Waals surface area contributed by atoms with E-state index in [9.17, 15) is 19.2 Å². The normalized spacial score (nSPS) is 13.5. The molecule has 4 rings (SSSR count). The Kier molecular flexibility index (Phi) is 5.76. The molecule has 0 radical (unpaired) electrons. The van der Waals surface area contributed by atoms with Crippen molar-refractivity contribution in [1.29, 1.82) is 0 Å². The summed E-state index contributed by atoms with van der Waals surface area (Å²) in [5.74, 6) is -1.78. The van der Waals surface area contributed by atoms with Gasteiger partial charge in [0.25, 0.3) is 17.7 Å². The monoisotopic (exact) mass is 428 g/mol. The Labute approximate surface area is 184 Å². The number of aromatic nitrogens is 1. The lowest BCUT2D eigenvalue weighted by Crippen LogP contribution is -2.47. The first-order valence-corrected chi connectivity index (χ1v) is 10.0. The molecule has 0 spiro atoms. The van der Waals surface area contributed by atoms with Crippen molar-refractivity contribution >= 4 is 29.3 Å². The van der Waals surface area contributed by atoms with Crippen molar-refractivity contribution in [3.63, 3.8) is 0 Å². The topological polar surface area (TPSA) is 108 Å². The molecular formula is C24H20N4O4. The molecule has 8 heteroatoms. The molecule has 2 heterocycles. The van der Waals surface area contributed by atoms with E-state index < -0.39 is 23.8 Å². The van der Waals surface area contributed by atoms with Gasteiger partial charge in [-0.3, -0.25) is 29.1 Å². The predicted octanol–water partition coefficient (Wildman–Crippen LogP) is 2.63. The number of pyridine rings is 1. The summed E-state index contributed by atoms with van der Waals surface area (Å²) >= 11 is 0. The zero-order chi connectivity index (χ0) is 22.7. The molecule has 1 atom stereocenters. The van der Waals surface area contributed by atoms with Gasteiger partial charge in [-0.05, 0) is 42.8 Å². The van der Waals surface area contributed by atoms with Gasteiger partial charge in [0.2, 0.25) is 5.91 Å². The fraction of sp³-hybridized carbons (Fsp3) is 0.125. The summed E-state index contributed by atoms with van der Waals surface area (Å²) in [5, 5.41) is 5.56. The Morgan fingerprint density at radius 2 is 1.59 bits per heavy atom. The highest BCUT2D eigenvalue weighted by atomic mass is 16.2. The van der Waals surface area contributed by atoms with E-state index in [1.807, 2.05) is 0 Å². The highest BCUT2D eigenvalue weighted by Gasteiger charge is 2.40. The van der Waals surface area contributed by atoms with Crippen molar-refractivity contribution < 1.29 is 19.2 Å². The maximum absolute atomic E-state index is 12.7. The molecule has 32 heavy (non-hydrogen) atoms. The molecule has 160 valence electrons. The van der Waals surface area contributed by atoms with E-state index in [1.165, 1.54) is 13.1 Å². The molecule has 0 aliphatic carbocycles. The van der Waals surface area contributed by atoms with Gasteiger partial charge in [-0.2, -0.15) is 0 Å². The van der Waals surface area contributed by atoms with Gasteiger partial charge in [0, 0.05) is 24.6 Å². The molecule has 3 aromatic rings. The van der Waals surface area contributed by atoms with Crippen LogP contribution in [0.3, 0.4) is 0 Å². The van der Waals surface area contributed by atoms with Crippen LogP contribution >= 0.6 is 0 Å². The van der Waals surface area contributed by atoms with Crippen LogP contribution in [0.4, 0.5) is 5.69 Å². The van der Waals surface area contributed by atoms with Gasteiger partial charge in [-0.15, -0.1) is 0 Å². The molecule has 1 unspecified atom stereocenters. The molecule has 8 nitrogen and oxygen atoms in total. The first kappa shape index (κ1) is 20.9. The van der Waals surface area contributed by atoms with Crippen molar-refractivity contribution in [1.82, 2.24) is 15.2 Å². The maximum Gasteiger partial charge on any atom is 0.262 e. The standard InChI is InChI=1S/C24H20N4O4/c1-15(28-23(31)18-9-3-4-10-19(18)24(28)32)21(29)26-14-16-7-2-5-11-20(16)27-22(30)17-8-6-12-25-13-17/h2-13,15H,14H2,1H3,(H,26,29)(H,27,30). The Morgan fingerprint density at radius 3 is 2.25 bits per heavy atom. The molecule has 1 aromatic heterocycles. The van der Waals surface area contributed by atoms with Crippen LogP contribution in [-0.4, -0.2) is 39.6 Å². The molecule has 0 fully saturated rings. The molecule has 1 aliphatic rings. The zero-order valence-corrected chi connectivity index (χ0v) is 17.2. The van der Waals surface area contributed by atoms with Crippen molar-refractivity contribution in [3.8, 4) is 0 Å². The highest BCUT2D eigenvalue weighted by Crippen LogP contribution is 2.24. The number of anilines is 1. The summed E-state index contributed by atoms with van der Waals surface area (Å²) in [6.07, 6.45) is 3.04. The summed E-state index contributed by atoms with van der Waals surface area (Å²) in [6.45, 7) is 1.61. The van der Waals surface area contributed by atoms with Gasteiger partial charge in [0.05, 0.1) is 16.7 Å². The third kappa shape index (κ3) is 3.98. The van der Waals surface area contributed by atoms with Gasteiger partial charge in [-0.25, -0.2) is 0 Å². The molecule has 2 N–H and O–H groups in total. The number of imide groups is 1. The van der Waals surface area contributed by atoms with Crippen LogP contribution in [0.25, 0.3) is 0 Å². The van der Waals surface area contributed by atoms with Crippen LogP contribution in [0.15, 0.2) is 73.1 Å². The fourth-order valence-corrected chi connectivity index (χ4v) is 3.49. The summed E-state index contributed by atoms with van der Waals surface area (Å²) in [4.78, 5) is 55.3. The molecule has 2 aromatic carbocycles. The minimum absolute atomic E-state index is 0.107. The smallest absolute Gasteiger partial charge is 0.262 e. The van der Waals surface area contributed by atoms with Gasteiger partial charge in [0.15, 0.2) is 0 Å². The summed E-state index contributed by atoms with van der Waals surface area (Å²) in [6, 6.07) is 15.9. The third-order valence-corrected chi connectivity index (χ3v) is 5.23. The second-order valence-corrected chi connectivity index (χ2v) is 7.27. The number of carbonyl (C=O) groups is 4. The van der Waals surface area contributed by atoms with Crippen LogP contribution in [0.5, 0.6) is 0 Å². The first-order valence-electron chi connectivity index (χ1n) is 10.0. The Hall–Kier alpha value is -4.33. The summed E-state index contributed by atoms with van der Waals surface area (Å²) in [7, 11) is 0. The van der Waals surface area contributed by atoms with E-state index in [0.717, 1.165) is 4.90 Å². The van der Waals surface area contributed by atoms with Crippen molar-refractivity contribution in [3.05, 3.63) is 95.3 Å². The number of para-hydroxylation sites is 1. The molecule has 0 bridgehead atoms. The number of amides is 4. The molecule has 0 saturated heterocycles. The minimum Gasteiger partial charge on any atom is -0.350 e. The fourth-order valence-electron chi connectivity index (χ4n) is 3.49. The Morgan fingerprint density at radius 1 is 0.938 bits per heavy atom. The second kappa shape index (κ2) is 8.81. The van der Waals surface area contributed by atoms with Gasteiger partial charge >= 0.3 is 0 Å². The third-order valence-electron chi connectivity index (χ3n) is 5.23. The van der Waals surface area contributed by atoms with Crippen LogP contribution in [0.1, 0.15) is 43.6 Å². The van der Waals surface area contributed by atoms with Gasteiger partial charge in [-0.1, -0.05) is 30.3 Å². The van der Waals surface area contributed by atoms with E-state index in [-0.39, 0.29) is 12.5 Å². The lowest BCUT2D eigenvalue weighted by molar-refractivity contribution is -0.124. The van der Waals surface area contributed by atoms with E-state index in [1.54, 1.807) is 66.9 Å². The SMILES string of the molecule is CC(C(=O)NCc1ccccc1NC(=O)c1cccnc1)N1C(=O)c2ccccc2C1=O. The van der Waals surface area contributed by atoms with Crippen molar-refractivity contribution in [2.24, 2.45) is 0 Å². The Balaban J connectivity index is 1.43. The maximum atomic E-state index is 12.7. The molecule has 0 saturated carbocycles. The summed E-state index contributed by atoms with van der Waals surface area (Å²) in [5.41, 5.74) is 2.20. The average molecular weight is 428 g/mol. The average Bonchev–Trinajstić information content (AvgIpc) is 3.08. The Bertz CT molecular complexity index is 1170. The van der Waals surface area contributed by atoms with Crippen LogP contribution < -0.4 is 10.6 Å². The first-order chi connectivity index (χ1) is 15.5. The number of nitrogens with zero attached hydrogens (tertiary/aromatic N) is 2. The molecular weight excluding hydrogens is 408 g/mol. The van der Waals surface area contributed by atoms with Crippen molar-refractivity contribution in [2.45, 2.75) is 19.5 Å². The minimum atomic E-state index is -0.987.